The molecule has 0 atom stereocenters. The van der Waals surface area contributed by atoms with Crippen LogP contribution in [0.5, 0.6) is 0 Å². The lowest BCUT2D eigenvalue weighted by Gasteiger charge is -2.42. The molecular formula is C11H6F17I. The van der Waals surface area contributed by atoms with Crippen molar-refractivity contribution in [3.8, 4) is 0 Å². The SMILES string of the molecule is FC(F)(F)CCCC(F)(F)C(F)(F)C(F)(F)C(F)(F)C(F)(F)C(F)(F)C(F)(F)I. The Morgan fingerprint density at radius 3 is 1.03 bits per heavy atom. The summed E-state index contributed by atoms with van der Waals surface area (Å²) in [5.41, 5.74) is 0. The molecular weight excluding hydrogens is 582 g/mol. The largest absolute Gasteiger partial charge is 0.389 e. The van der Waals surface area contributed by atoms with Crippen molar-refractivity contribution < 1.29 is 74.6 Å². The fourth-order valence-corrected chi connectivity index (χ4v) is 2.01. The molecule has 0 aromatic carbocycles. The van der Waals surface area contributed by atoms with Crippen molar-refractivity contribution in [3.05, 3.63) is 0 Å². The van der Waals surface area contributed by atoms with Crippen LogP contribution in [0.2, 0.25) is 0 Å². The first kappa shape index (κ1) is 28.5. The highest BCUT2D eigenvalue weighted by Gasteiger charge is 2.92. The van der Waals surface area contributed by atoms with Crippen LogP contribution in [0, 0.1) is 0 Å². The molecule has 0 saturated carbocycles. The van der Waals surface area contributed by atoms with E-state index in [0.717, 1.165) is 0 Å². The molecule has 0 aliphatic heterocycles. The summed E-state index contributed by atoms with van der Waals surface area (Å²) in [7, 11) is 0. The molecule has 0 heterocycles. The normalized spacial score (nSPS) is 16.3. The van der Waals surface area contributed by atoms with Gasteiger partial charge in [-0.1, -0.05) is 0 Å². The Hall–Kier alpha value is -0.460. The van der Waals surface area contributed by atoms with E-state index in [0.29, 0.717) is 0 Å². The first-order valence-electron chi connectivity index (χ1n) is 6.61. The van der Waals surface area contributed by atoms with Crippen LogP contribution in [0.1, 0.15) is 19.3 Å². The Morgan fingerprint density at radius 2 is 0.724 bits per heavy atom. The zero-order valence-electron chi connectivity index (χ0n) is 12.9. The van der Waals surface area contributed by atoms with Gasteiger partial charge in [-0.15, -0.1) is 0 Å². The van der Waals surface area contributed by atoms with Crippen molar-refractivity contribution in [2.24, 2.45) is 0 Å². The molecule has 0 radical (unpaired) electrons. The molecule has 0 nitrogen and oxygen atoms in total. The minimum atomic E-state index is -8.20. The van der Waals surface area contributed by atoms with Crippen LogP contribution >= 0.6 is 22.6 Å². The number of hydrogen-bond donors (Lipinski definition) is 0. The lowest BCUT2D eigenvalue weighted by atomic mass is 9.89. The van der Waals surface area contributed by atoms with E-state index < -0.39 is 87.5 Å². The van der Waals surface area contributed by atoms with Gasteiger partial charge in [0.15, 0.2) is 0 Å². The van der Waals surface area contributed by atoms with Gasteiger partial charge in [-0.2, -0.15) is 74.6 Å². The van der Waals surface area contributed by atoms with Crippen LogP contribution in [0.4, 0.5) is 74.6 Å². The van der Waals surface area contributed by atoms with E-state index in [4.69, 9.17) is 0 Å². The Balaban J connectivity index is 6.16. The van der Waals surface area contributed by atoms with Crippen molar-refractivity contribution in [3.63, 3.8) is 0 Å². The van der Waals surface area contributed by atoms with Gasteiger partial charge in [0.05, 0.1) is 0 Å². The maximum Gasteiger partial charge on any atom is 0.389 e. The highest BCUT2D eigenvalue weighted by molar-refractivity contribution is 14.1. The summed E-state index contributed by atoms with van der Waals surface area (Å²) in [5.74, 6) is -45.9. The van der Waals surface area contributed by atoms with Crippen molar-refractivity contribution >= 4 is 22.6 Å². The average molecular weight is 588 g/mol. The van der Waals surface area contributed by atoms with Gasteiger partial charge in [0.1, 0.15) is 0 Å². The minimum absolute atomic E-state index is 0.908. The molecule has 29 heavy (non-hydrogen) atoms. The summed E-state index contributed by atoms with van der Waals surface area (Å²) in [4.78, 5) is 0. The van der Waals surface area contributed by atoms with E-state index in [1.807, 2.05) is 0 Å². The maximum atomic E-state index is 13.3. The molecule has 0 unspecified atom stereocenters. The first-order chi connectivity index (χ1) is 12.2. The summed E-state index contributed by atoms with van der Waals surface area (Å²) < 4.78 is 212. The predicted octanol–water partition coefficient (Wildman–Crippen LogP) is 7.56. The van der Waals surface area contributed by atoms with Crippen molar-refractivity contribution in [1.82, 2.24) is 0 Å². The molecule has 0 aliphatic carbocycles. The average Bonchev–Trinajstić information content (AvgIpc) is 2.43. The molecule has 0 rings (SSSR count). The van der Waals surface area contributed by atoms with Crippen LogP contribution in [-0.2, 0) is 0 Å². The molecule has 0 N–H and O–H groups in total. The molecule has 0 aromatic heterocycles. The summed E-state index contributed by atoms with van der Waals surface area (Å²) in [5, 5.41) is 0. The van der Waals surface area contributed by atoms with E-state index in [1.165, 1.54) is 0 Å². The highest BCUT2D eigenvalue weighted by Crippen LogP contribution is 2.63. The van der Waals surface area contributed by atoms with Gasteiger partial charge in [-0.25, -0.2) is 0 Å². The van der Waals surface area contributed by atoms with E-state index in [-0.39, 0.29) is 0 Å². The van der Waals surface area contributed by atoms with Crippen LogP contribution in [0.3, 0.4) is 0 Å². The Labute approximate surface area is 162 Å². The third-order valence-corrected chi connectivity index (χ3v) is 4.02. The van der Waals surface area contributed by atoms with Gasteiger partial charge in [0.25, 0.3) is 0 Å². The number of alkyl halides is 18. The standard InChI is InChI=1S/C11H6F17I/c12-4(13,2-1-3-5(14,15)16)6(17,18)7(19,20)8(21,22)9(23,24)10(25,26)11(27,28)29/h1-3H2. The second-order valence-electron chi connectivity index (χ2n) is 5.54. The smallest absolute Gasteiger partial charge is 0.200 e. The molecule has 0 fully saturated rings. The van der Waals surface area contributed by atoms with Crippen LogP contribution < -0.4 is 0 Å². The van der Waals surface area contributed by atoms with Crippen LogP contribution in [0.25, 0.3) is 0 Å². The fourth-order valence-electron chi connectivity index (χ4n) is 1.67. The summed E-state index contributed by atoms with van der Waals surface area (Å²) >= 11 is -0.908. The molecule has 176 valence electrons. The van der Waals surface area contributed by atoms with Crippen LogP contribution in [0.15, 0.2) is 0 Å². The molecule has 0 saturated heterocycles. The zero-order valence-corrected chi connectivity index (χ0v) is 15.1. The lowest BCUT2D eigenvalue weighted by molar-refractivity contribution is -0.434. The monoisotopic (exact) mass is 588 g/mol. The van der Waals surface area contributed by atoms with Crippen molar-refractivity contribution in [2.45, 2.75) is 64.9 Å². The highest BCUT2D eigenvalue weighted by atomic mass is 127. The van der Waals surface area contributed by atoms with E-state index >= 15 is 0 Å². The molecule has 0 amide bonds. The Morgan fingerprint density at radius 1 is 0.414 bits per heavy atom. The van der Waals surface area contributed by atoms with E-state index in [2.05, 4.69) is 0 Å². The second kappa shape index (κ2) is 7.59. The van der Waals surface area contributed by atoms with Gasteiger partial charge in [-0.3, -0.25) is 0 Å². The van der Waals surface area contributed by atoms with Gasteiger partial charge < -0.3 is 0 Å². The summed E-state index contributed by atoms with van der Waals surface area (Å²) in [6.07, 6.45) is -12.6. The van der Waals surface area contributed by atoms with Crippen molar-refractivity contribution in [1.29, 1.82) is 0 Å². The number of halogens is 18. The van der Waals surface area contributed by atoms with Gasteiger partial charge >= 0.3 is 45.6 Å². The molecule has 0 aliphatic rings. The number of rotatable bonds is 9. The van der Waals surface area contributed by atoms with Gasteiger partial charge in [0.2, 0.25) is 0 Å². The summed E-state index contributed by atoms with van der Waals surface area (Å²) in [6.45, 7) is 0. The zero-order chi connectivity index (χ0) is 24.1. The third-order valence-electron chi connectivity index (χ3n) is 3.34. The quantitative estimate of drug-likeness (QED) is 0.148. The van der Waals surface area contributed by atoms with Gasteiger partial charge in [-0.05, 0) is 6.42 Å². The molecule has 0 spiro atoms. The van der Waals surface area contributed by atoms with E-state index in [1.54, 1.807) is 0 Å². The molecule has 0 bridgehead atoms. The minimum Gasteiger partial charge on any atom is -0.200 e. The Kier molecular flexibility index (Phi) is 7.47. The lowest BCUT2D eigenvalue weighted by Crippen LogP contribution is -2.72. The van der Waals surface area contributed by atoms with Gasteiger partial charge in [0, 0.05) is 35.4 Å². The fraction of sp³-hybridized carbons (Fsp3) is 1.00. The topological polar surface area (TPSA) is 0 Å². The first-order valence-corrected chi connectivity index (χ1v) is 7.69. The van der Waals surface area contributed by atoms with Crippen molar-refractivity contribution in [2.75, 3.05) is 0 Å². The number of hydrogen-bond acceptors (Lipinski definition) is 0. The summed E-state index contributed by atoms with van der Waals surface area (Å²) in [6, 6.07) is 0. The maximum absolute atomic E-state index is 13.3. The Bertz CT molecular complexity index is 569. The van der Waals surface area contributed by atoms with Crippen LogP contribution in [-0.4, -0.2) is 45.6 Å². The second-order valence-corrected chi connectivity index (χ2v) is 6.90. The third kappa shape index (κ3) is 4.74. The molecule has 0 aromatic rings. The van der Waals surface area contributed by atoms with E-state index in [9.17, 15) is 74.6 Å². The molecule has 18 heteroatoms. The predicted molar refractivity (Wildman–Crippen MR) is 68.6 cm³/mol.